The molecule has 3 rings (SSSR count). The van der Waals surface area contributed by atoms with Crippen LogP contribution in [0.25, 0.3) is 0 Å². The predicted molar refractivity (Wildman–Crippen MR) is 115 cm³/mol. The van der Waals surface area contributed by atoms with E-state index in [9.17, 15) is 14.4 Å². The molecule has 3 amide bonds. The summed E-state index contributed by atoms with van der Waals surface area (Å²) in [5.74, 6) is -0.723. The van der Waals surface area contributed by atoms with Crippen LogP contribution in [0.5, 0.6) is 0 Å². The molecule has 1 atom stereocenters. The van der Waals surface area contributed by atoms with E-state index in [2.05, 4.69) is 24.5 Å². The van der Waals surface area contributed by atoms with Crippen molar-refractivity contribution in [2.45, 2.75) is 40.0 Å². The van der Waals surface area contributed by atoms with E-state index in [0.717, 1.165) is 29.7 Å². The maximum absolute atomic E-state index is 12.7. The molecule has 0 spiro atoms. The summed E-state index contributed by atoms with van der Waals surface area (Å²) in [7, 11) is 0. The topological polar surface area (TPSA) is 78.5 Å². The SMILES string of the molecule is CCc1cccc(CC)c1N1C[C@@H](C(=O)Nc2ccc(NC(C)=O)cc2)CC1=O. The maximum atomic E-state index is 12.7. The largest absolute Gasteiger partial charge is 0.326 e. The third-order valence-electron chi connectivity index (χ3n) is 5.20. The average molecular weight is 393 g/mol. The molecular weight excluding hydrogens is 366 g/mol. The van der Waals surface area contributed by atoms with E-state index in [0.29, 0.717) is 17.9 Å². The molecule has 0 aromatic heterocycles. The highest BCUT2D eigenvalue weighted by molar-refractivity contribution is 6.04. The van der Waals surface area contributed by atoms with Gasteiger partial charge in [-0.15, -0.1) is 0 Å². The Bertz CT molecular complexity index is 899. The zero-order valence-corrected chi connectivity index (χ0v) is 17.1. The van der Waals surface area contributed by atoms with Crippen molar-refractivity contribution in [3.8, 4) is 0 Å². The number of anilines is 3. The van der Waals surface area contributed by atoms with Crippen molar-refractivity contribution in [2.24, 2.45) is 5.92 Å². The molecule has 0 radical (unpaired) electrons. The van der Waals surface area contributed by atoms with Gasteiger partial charge < -0.3 is 15.5 Å². The van der Waals surface area contributed by atoms with Crippen LogP contribution in [-0.4, -0.2) is 24.3 Å². The van der Waals surface area contributed by atoms with Crippen LogP contribution in [0.1, 0.15) is 38.3 Å². The molecule has 1 aliphatic heterocycles. The third-order valence-corrected chi connectivity index (χ3v) is 5.20. The number of hydrogen-bond donors (Lipinski definition) is 2. The quantitative estimate of drug-likeness (QED) is 0.784. The van der Waals surface area contributed by atoms with Crippen molar-refractivity contribution in [1.82, 2.24) is 0 Å². The van der Waals surface area contributed by atoms with Crippen molar-refractivity contribution < 1.29 is 14.4 Å². The highest BCUT2D eigenvalue weighted by Gasteiger charge is 2.36. The van der Waals surface area contributed by atoms with Crippen LogP contribution in [0.3, 0.4) is 0 Å². The molecular formula is C23H27N3O3. The van der Waals surface area contributed by atoms with E-state index >= 15 is 0 Å². The van der Waals surface area contributed by atoms with Crippen molar-refractivity contribution in [2.75, 3.05) is 22.1 Å². The molecule has 1 saturated heterocycles. The van der Waals surface area contributed by atoms with Crippen molar-refractivity contribution in [3.05, 3.63) is 53.6 Å². The van der Waals surface area contributed by atoms with Gasteiger partial charge in [0.2, 0.25) is 17.7 Å². The van der Waals surface area contributed by atoms with Crippen LogP contribution in [0.4, 0.5) is 17.1 Å². The number of benzene rings is 2. The Morgan fingerprint density at radius 3 is 2.03 bits per heavy atom. The molecule has 0 saturated carbocycles. The molecule has 0 unspecified atom stereocenters. The smallest absolute Gasteiger partial charge is 0.229 e. The molecule has 6 nitrogen and oxygen atoms in total. The minimum Gasteiger partial charge on any atom is -0.326 e. The summed E-state index contributed by atoms with van der Waals surface area (Å²) in [4.78, 5) is 38.4. The lowest BCUT2D eigenvalue weighted by Gasteiger charge is -2.23. The van der Waals surface area contributed by atoms with Crippen LogP contribution in [0.15, 0.2) is 42.5 Å². The number of aryl methyl sites for hydroxylation is 2. The maximum Gasteiger partial charge on any atom is 0.229 e. The normalized spacial score (nSPS) is 16.0. The molecule has 6 heteroatoms. The van der Waals surface area contributed by atoms with Crippen molar-refractivity contribution in [3.63, 3.8) is 0 Å². The van der Waals surface area contributed by atoms with Gasteiger partial charge in [-0.2, -0.15) is 0 Å². The molecule has 2 aromatic rings. The van der Waals surface area contributed by atoms with Gasteiger partial charge in [0.25, 0.3) is 0 Å². The van der Waals surface area contributed by atoms with Gasteiger partial charge in [0, 0.05) is 37.0 Å². The number of para-hydroxylation sites is 1. The second-order valence-corrected chi connectivity index (χ2v) is 7.29. The fourth-order valence-corrected chi connectivity index (χ4v) is 3.75. The van der Waals surface area contributed by atoms with E-state index in [1.54, 1.807) is 29.2 Å². The van der Waals surface area contributed by atoms with E-state index < -0.39 is 5.92 Å². The van der Waals surface area contributed by atoms with E-state index in [1.807, 2.05) is 18.2 Å². The number of nitrogens with zero attached hydrogens (tertiary/aromatic N) is 1. The lowest BCUT2D eigenvalue weighted by atomic mass is 10.0. The van der Waals surface area contributed by atoms with Gasteiger partial charge in [-0.25, -0.2) is 0 Å². The highest BCUT2D eigenvalue weighted by atomic mass is 16.2. The fraction of sp³-hybridized carbons (Fsp3) is 0.348. The molecule has 2 N–H and O–H groups in total. The van der Waals surface area contributed by atoms with Gasteiger partial charge in [-0.05, 0) is 48.2 Å². The number of carbonyl (C=O) groups is 3. The molecule has 29 heavy (non-hydrogen) atoms. The second-order valence-electron chi connectivity index (χ2n) is 7.29. The van der Waals surface area contributed by atoms with E-state index in [-0.39, 0.29) is 24.1 Å². The summed E-state index contributed by atoms with van der Waals surface area (Å²) >= 11 is 0. The van der Waals surface area contributed by atoms with Crippen LogP contribution in [0.2, 0.25) is 0 Å². The lowest BCUT2D eigenvalue weighted by molar-refractivity contribution is -0.122. The van der Waals surface area contributed by atoms with E-state index in [1.165, 1.54) is 6.92 Å². The van der Waals surface area contributed by atoms with Crippen LogP contribution in [-0.2, 0) is 27.2 Å². The molecule has 1 aliphatic rings. The number of nitrogens with one attached hydrogen (secondary N) is 2. The number of amides is 3. The zero-order chi connectivity index (χ0) is 21.0. The minimum absolute atomic E-state index is 0.0123. The molecule has 0 bridgehead atoms. The van der Waals surface area contributed by atoms with Crippen molar-refractivity contribution >= 4 is 34.8 Å². The molecule has 2 aromatic carbocycles. The number of hydrogen-bond acceptors (Lipinski definition) is 3. The average Bonchev–Trinajstić information content (AvgIpc) is 3.09. The molecule has 152 valence electrons. The Morgan fingerprint density at radius 2 is 1.52 bits per heavy atom. The highest BCUT2D eigenvalue weighted by Crippen LogP contribution is 2.32. The fourth-order valence-electron chi connectivity index (χ4n) is 3.75. The van der Waals surface area contributed by atoms with Gasteiger partial charge in [0.1, 0.15) is 0 Å². The first-order chi connectivity index (χ1) is 13.9. The second kappa shape index (κ2) is 8.90. The summed E-state index contributed by atoms with van der Waals surface area (Å²) in [6.45, 7) is 5.99. The summed E-state index contributed by atoms with van der Waals surface area (Å²) < 4.78 is 0. The van der Waals surface area contributed by atoms with Gasteiger partial charge >= 0.3 is 0 Å². The summed E-state index contributed by atoms with van der Waals surface area (Å²) in [5.41, 5.74) is 4.54. The first-order valence-electron chi connectivity index (χ1n) is 10.0. The Kier molecular flexibility index (Phi) is 6.32. The summed E-state index contributed by atoms with van der Waals surface area (Å²) in [5, 5.41) is 5.57. The number of carbonyl (C=O) groups excluding carboxylic acids is 3. The standard InChI is InChI=1S/C23H27N3O3/c1-4-16-7-6-8-17(5-2)22(16)26-14-18(13-21(26)28)23(29)25-20-11-9-19(10-12-20)24-15(3)27/h6-12,18H,4-5,13-14H2,1-3H3,(H,24,27)(H,25,29)/t18-/m0/s1. The Labute approximate surface area is 171 Å². The summed E-state index contributed by atoms with van der Waals surface area (Å²) in [6.07, 6.45) is 1.88. The monoisotopic (exact) mass is 393 g/mol. The molecule has 1 fully saturated rings. The summed E-state index contributed by atoms with van der Waals surface area (Å²) in [6, 6.07) is 13.1. The first-order valence-corrected chi connectivity index (χ1v) is 10.0. The van der Waals surface area contributed by atoms with Gasteiger partial charge in [-0.1, -0.05) is 32.0 Å². The Balaban J connectivity index is 1.72. The van der Waals surface area contributed by atoms with Crippen LogP contribution >= 0.6 is 0 Å². The predicted octanol–water partition coefficient (Wildman–Crippen LogP) is 3.76. The minimum atomic E-state index is -0.396. The lowest BCUT2D eigenvalue weighted by Crippen LogP contribution is -2.29. The van der Waals surface area contributed by atoms with E-state index in [4.69, 9.17) is 0 Å². The van der Waals surface area contributed by atoms with Crippen molar-refractivity contribution in [1.29, 1.82) is 0 Å². The van der Waals surface area contributed by atoms with Gasteiger partial charge in [0.15, 0.2) is 0 Å². The Hall–Kier alpha value is -3.15. The third kappa shape index (κ3) is 4.65. The first kappa shape index (κ1) is 20.6. The van der Waals surface area contributed by atoms with Gasteiger partial charge in [0.05, 0.1) is 5.92 Å². The Morgan fingerprint density at radius 1 is 0.966 bits per heavy atom. The number of rotatable bonds is 6. The molecule has 1 heterocycles. The molecule has 0 aliphatic carbocycles. The zero-order valence-electron chi connectivity index (χ0n) is 17.1. The van der Waals surface area contributed by atoms with Crippen LogP contribution < -0.4 is 15.5 Å². The van der Waals surface area contributed by atoms with Gasteiger partial charge in [-0.3, -0.25) is 14.4 Å². The van der Waals surface area contributed by atoms with Crippen LogP contribution in [0, 0.1) is 5.92 Å².